The van der Waals surface area contributed by atoms with E-state index in [0.717, 1.165) is 6.07 Å². The Bertz CT molecular complexity index is 1310. The molecule has 1 aromatic heterocycles. The minimum atomic E-state index is -4.64. The summed E-state index contributed by atoms with van der Waals surface area (Å²) in [5, 5.41) is 5.29. The molecule has 37 heavy (non-hydrogen) atoms. The van der Waals surface area contributed by atoms with Gasteiger partial charge in [-0.1, -0.05) is 12.1 Å². The fourth-order valence-electron chi connectivity index (χ4n) is 3.73. The second-order valence-corrected chi connectivity index (χ2v) is 8.34. The Labute approximate surface area is 209 Å². The van der Waals surface area contributed by atoms with E-state index in [0.29, 0.717) is 5.56 Å². The van der Waals surface area contributed by atoms with Crippen LogP contribution in [0.2, 0.25) is 0 Å². The second kappa shape index (κ2) is 10.2. The van der Waals surface area contributed by atoms with Gasteiger partial charge in [-0.05, 0) is 35.9 Å². The molecule has 2 aromatic carbocycles. The first-order valence-electron chi connectivity index (χ1n) is 11.0. The van der Waals surface area contributed by atoms with Gasteiger partial charge in [-0.2, -0.15) is 13.2 Å². The van der Waals surface area contributed by atoms with Gasteiger partial charge in [0.05, 0.1) is 12.7 Å². The fourth-order valence-corrected chi connectivity index (χ4v) is 3.73. The summed E-state index contributed by atoms with van der Waals surface area (Å²) in [7, 11) is 1.27. The van der Waals surface area contributed by atoms with Gasteiger partial charge in [0.15, 0.2) is 0 Å². The smallest absolute Gasteiger partial charge is 0.420 e. The van der Waals surface area contributed by atoms with E-state index in [4.69, 9.17) is 9.47 Å². The monoisotopic (exact) mass is 514 g/mol. The number of rotatable bonds is 8. The second-order valence-electron chi connectivity index (χ2n) is 8.34. The van der Waals surface area contributed by atoms with E-state index in [1.165, 1.54) is 50.1 Å². The summed E-state index contributed by atoms with van der Waals surface area (Å²) in [6.45, 7) is 0.0513. The van der Waals surface area contributed by atoms with Crippen molar-refractivity contribution in [2.24, 2.45) is 0 Å². The zero-order valence-electron chi connectivity index (χ0n) is 19.5. The van der Waals surface area contributed by atoms with Crippen molar-refractivity contribution >= 4 is 17.6 Å². The Morgan fingerprint density at radius 3 is 2.27 bits per heavy atom. The maximum Gasteiger partial charge on any atom is 0.420 e. The maximum atomic E-state index is 13.4. The predicted octanol–water partition coefficient (Wildman–Crippen LogP) is 3.44. The van der Waals surface area contributed by atoms with Gasteiger partial charge in [0.25, 0.3) is 5.91 Å². The van der Waals surface area contributed by atoms with Crippen LogP contribution in [0.3, 0.4) is 0 Å². The molecule has 1 heterocycles. The molecular weight excluding hydrogens is 493 g/mol. The summed E-state index contributed by atoms with van der Waals surface area (Å²) in [6, 6.07) is 9.46. The van der Waals surface area contributed by atoms with Crippen molar-refractivity contribution in [1.29, 1.82) is 0 Å². The topological polar surface area (TPSA) is 120 Å². The third-order valence-electron chi connectivity index (χ3n) is 5.70. The van der Waals surface area contributed by atoms with Gasteiger partial charge in [-0.25, -0.2) is 9.97 Å². The molecule has 0 saturated heterocycles. The summed E-state index contributed by atoms with van der Waals surface area (Å²) in [4.78, 5) is 44.5. The average Bonchev–Trinajstić information content (AvgIpc) is 2.87. The third-order valence-corrected chi connectivity index (χ3v) is 5.70. The molecule has 3 aromatic rings. The van der Waals surface area contributed by atoms with Gasteiger partial charge in [0, 0.05) is 31.8 Å². The number of benzene rings is 2. The van der Waals surface area contributed by atoms with Crippen LogP contribution in [0.15, 0.2) is 61.2 Å². The van der Waals surface area contributed by atoms with E-state index in [1.54, 1.807) is 12.1 Å². The lowest BCUT2D eigenvalue weighted by molar-refractivity contribution is -0.141. The number of nitrogens with one attached hydrogen (secondary N) is 2. The molecule has 9 nitrogen and oxygen atoms in total. The average molecular weight is 514 g/mol. The van der Waals surface area contributed by atoms with Crippen molar-refractivity contribution in [3.63, 3.8) is 0 Å². The number of hydrogen-bond acceptors (Lipinski definition) is 7. The van der Waals surface area contributed by atoms with Crippen LogP contribution >= 0.6 is 0 Å². The molecule has 0 aliphatic heterocycles. The number of hydrogen-bond donors (Lipinski definition) is 2. The van der Waals surface area contributed by atoms with Crippen molar-refractivity contribution in [3.8, 4) is 17.2 Å². The molecule has 192 valence electrons. The first-order valence-corrected chi connectivity index (χ1v) is 11.0. The number of carbonyl (C=O) groups excluding carboxylic acids is 3. The Kier molecular flexibility index (Phi) is 7.09. The van der Waals surface area contributed by atoms with E-state index in [9.17, 15) is 27.6 Å². The van der Waals surface area contributed by atoms with Gasteiger partial charge < -0.3 is 20.1 Å². The van der Waals surface area contributed by atoms with E-state index in [1.807, 2.05) is 0 Å². The lowest BCUT2D eigenvalue weighted by Crippen LogP contribution is -2.66. The number of methoxy groups -OCH3 is 1. The zero-order valence-corrected chi connectivity index (χ0v) is 19.5. The molecule has 4 rings (SSSR count). The van der Waals surface area contributed by atoms with Crippen LogP contribution in [0, 0.1) is 0 Å². The number of Topliss-reactive ketones (excluding diaryl/α,β-unsaturated/α-hetero) is 1. The molecule has 2 amide bonds. The molecule has 1 saturated carbocycles. The van der Waals surface area contributed by atoms with E-state index in [-0.39, 0.29) is 48.0 Å². The molecule has 0 bridgehead atoms. The Hall–Kier alpha value is -4.48. The lowest BCUT2D eigenvalue weighted by Gasteiger charge is -2.39. The van der Waals surface area contributed by atoms with Gasteiger partial charge in [-0.3, -0.25) is 14.4 Å². The maximum absolute atomic E-state index is 13.4. The van der Waals surface area contributed by atoms with Crippen molar-refractivity contribution in [3.05, 3.63) is 77.9 Å². The molecule has 0 spiro atoms. The quantitative estimate of drug-likeness (QED) is 0.473. The van der Waals surface area contributed by atoms with Crippen LogP contribution in [0.25, 0.3) is 0 Å². The SMILES string of the molecule is COc1ccc(Oc2ccc(CNC(=O)C3(NC(=O)c4cncnc4)CC(=O)C3)cc2)c(C(F)(F)F)c1. The molecule has 2 N–H and O–H groups in total. The van der Waals surface area contributed by atoms with Crippen LogP contribution in [0.4, 0.5) is 13.2 Å². The molecule has 1 fully saturated rings. The zero-order chi connectivity index (χ0) is 26.6. The third kappa shape index (κ3) is 5.85. The normalized spacial score (nSPS) is 14.3. The Balaban J connectivity index is 1.39. The number of nitrogens with zero attached hydrogens (tertiary/aromatic N) is 2. The first-order chi connectivity index (χ1) is 17.6. The lowest BCUT2D eigenvalue weighted by atomic mass is 9.74. The van der Waals surface area contributed by atoms with Gasteiger partial charge in [0.2, 0.25) is 5.91 Å². The molecule has 12 heteroatoms. The first kappa shape index (κ1) is 25.6. The number of ether oxygens (including phenoxy) is 2. The summed E-state index contributed by atoms with van der Waals surface area (Å²) in [5.41, 5.74) is -1.59. The van der Waals surface area contributed by atoms with E-state index in [2.05, 4.69) is 20.6 Å². The number of alkyl halides is 3. The van der Waals surface area contributed by atoms with E-state index < -0.39 is 29.1 Å². The number of carbonyl (C=O) groups is 3. The highest BCUT2D eigenvalue weighted by Gasteiger charge is 2.51. The van der Waals surface area contributed by atoms with Crippen LogP contribution in [0.1, 0.15) is 34.3 Å². The molecule has 1 aliphatic rings. The van der Waals surface area contributed by atoms with Gasteiger partial charge in [0.1, 0.15) is 40.5 Å². The largest absolute Gasteiger partial charge is 0.497 e. The minimum Gasteiger partial charge on any atom is -0.497 e. The van der Waals surface area contributed by atoms with Crippen LogP contribution < -0.4 is 20.1 Å². The van der Waals surface area contributed by atoms with Gasteiger partial charge in [-0.15, -0.1) is 0 Å². The standard InChI is InChI=1S/C25H21F3N4O5/c1-36-19-6-7-21(20(8-19)25(26,27)28)37-18-4-2-15(3-5-18)11-31-23(35)24(9-17(33)10-24)32-22(34)16-12-29-14-30-13-16/h2-8,12-14H,9-11H2,1H3,(H,31,35)(H,32,34). The summed E-state index contributed by atoms with van der Waals surface area (Å²) >= 11 is 0. The molecule has 0 radical (unpaired) electrons. The van der Waals surface area contributed by atoms with Crippen LogP contribution in [-0.4, -0.2) is 40.2 Å². The van der Waals surface area contributed by atoms with Crippen LogP contribution in [-0.2, 0) is 22.3 Å². The molecular formula is C25H21F3N4O5. The number of amides is 2. The number of halogens is 3. The summed E-state index contributed by atoms with van der Waals surface area (Å²) < 4.78 is 50.5. The molecule has 1 aliphatic carbocycles. The molecule has 0 unspecified atom stereocenters. The highest BCUT2D eigenvalue weighted by molar-refractivity contribution is 6.07. The van der Waals surface area contributed by atoms with Crippen molar-refractivity contribution in [2.45, 2.75) is 31.1 Å². The van der Waals surface area contributed by atoms with E-state index >= 15 is 0 Å². The Morgan fingerprint density at radius 2 is 1.68 bits per heavy atom. The Morgan fingerprint density at radius 1 is 1.03 bits per heavy atom. The highest BCUT2D eigenvalue weighted by atomic mass is 19.4. The van der Waals surface area contributed by atoms with Crippen molar-refractivity contribution in [1.82, 2.24) is 20.6 Å². The number of ketones is 1. The van der Waals surface area contributed by atoms with Crippen molar-refractivity contribution < 1.29 is 37.0 Å². The number of aromatic nitrogens is 2. The van der Waals surface area contributed by atoms with Gasteiger partial charge >= 0.3 is 6.18 Å². The van der Waals surface area contributed by atoms with Crippen LogP contribution in [0.5, 0.6) is 17.2 Å². The summed E-state index contributed by atoms with van der Waals surface area (Å²) in [5.74, 6) is -1.47. The summed E-state index contributed by atoms with van der Waals surface area (Å²) in [6.07, 6.45) is -1.09. The van der Waals surface area contributed by atoms with Crippen molar-refractivity contribution in [2.75, 3.05) is 7.11 Å². The molecule has 0 atom stereocenters. The predicted molar refractivity (Wildman–Crippen MR) is 123 cm³/mol. The fraction of sp³-hybridized carbons (Fsp3) is 0.240. The minimum absolute atomic E-state index is 0.0463. The highest BCUT2D eigenvalue weighted by Crippen LogP contribution is 2.40.